The molecule has 0 aromatic carbocycles. The highest BCUT2D eigenvalue weighted by Gasteiger charge is 2.27. The molecule has 1 atom stereocenters. The van der Waals surface area contributed by atoms with E-state index in [0.29, 0.717) is 13.0 Å². The molecule has 1 aliphatic heterocycles. The molecule has 1 unspecified atom stereocenters. The number of rotatable bonds is 4. The summed E-state index contributed by atoms with van der Waals surface area (Å²) in [7, 11) is 1.87. The number of H-pyrrole nitrogens is 1. The third kappa shape index (κ3) is 2.76. The molecule has 1 amide bonds. The van der Waals surface area contributed by atoms with Gasteiger partial charge in [-0.2, -0.15) is 0 Å². The fourth-order valence-corrected chi connectivity index (χ4v) is 3.15. The minimum absolute atomic E-state index is 0.148. The van der Waals surface area contributed by atoms with E-state index in [-0.39, 0.29) is 11.9 Å². The molecular formula is C14H18N4OS. The topological polar surface area (TPSA) is 61.0 Å². The van der Waals surface area contributed by atoms with Gasteiger partial charge in [-0.1, -0.05) is 6.07 Å². The van der Waals surface area contributed by atoms with Crippen molar-refractivity contribution in [1.82, 2.24) is 20.2 Å². The van der Waals surface area contributed by atoms with Crippen LogP contribution in [0.4, 0.5) is 0 Å². The molecule has 106 valence electrons. The van der Waals surface area contributed by atoms with Gasteiger partial charge in [0.05, 0.1) is 23.8 Å². The summed E-state index contributed by atoms with van der Waals surface area (Å²) in [5.41, 5.74) is 2.10. The lowest BCUT2D eigenvalue weighted by Gasteiger charge is -2.27. The summed E-state index contributed by atoms with van der Waals surface area (Å²) in [6.07, 6.45) is 3.28. The molecule has 6 heteroatoms. The number of nitrogens with one attached hydrogen (secondary N) is 2. The molecule has 3 heterocycles. The lowest BCUT2D eigenvalue weighted by atomic mass is 10.0. The molecule has 20 heavy (non-hydrogen) atoms. The van der Waals surface area contributed by atoms with Crippen LogP contribution in [0.1, 0.15) is 16.3 Å². The van der Waals surface area contributed by atoms with Gasteiger partial charge in [0.25, 0.3) is 0 Å². The molecule has 2 N–H and O–H groups in total. The van der Waals surface area contributed by atoms with Gasteiger partial charge in [-0.05, 0) is 17.9 Å². The van der Waals surface area contributed by atoms with Crippen molar-refractivity contribution >= 4 is 17.2 Å². The van der Waals surface area contributed by atoms with E-state index in [1.54, 1.807) is 17.7 Å². The highest BCUT2D eigenvalue weighted by molar-refractivity contribution is 7.09. The Kier molecular flexibility index (Phi) is 3.84. The molecule has 3 rings (SSSR count). The van der Waals surface area contributed by atoms with Gasteiger partial charge in [-0.25, -0.2) is 4.98 Å². The summed E-state index contributed by atoms with van der Waals surface area (Å²) in [5, 5.41) is 5.34. The van der Waals surface area contributed by atoms with Gasteiger partial charge in [0.15, 0.2) is 0 Å². The lowest BCUT2D eigenvalue weighted by molar-refractivity contribution is -0.132. The first-order chi connectivity index (χ1) is 9.74. The predicted octanol–water partition coefficient (Wildman–Crippen LogP) is 1.19. The predicted molar refractivity (Wildman–Crippen MR) is 78.6 cm³/mol. The molecule has 2 aromatic heterocycles. The Morgan fingerprint density at radius 1 is 1.60 bits per heavy atom. The van der Waals surface area contributed by atoms with Gasteiger partial charge in [-0.3, -0.25) is 10.1 Å². The smallest absolute Gasteiger partial charge is 0.239 e. The Bertz CT molecular complexity index is 578. The largest absolute Gasteiger partial charge is 0.347 e. The number of hydrogen-bond donors (Lipinski definition) is 2. The summed E-state index contributed by atoms with van der Waals surface area (Å²) in [4.78, 5) is 22.9. The molecular weight excluding hydrogens is 272 g/mol. The summed E-state index contributed by atoms with van der Waals surface area (Å²) >= 11 is 1.74. The van der Waals surface area contributed by atoms with E-state index in [0.717, 1.165) is 24.4 Å². The van der Waals surface area contributed by atoms with Gasteiger partial charge in [0.2, 0.25) is 5.91 Å². The maximum absolute atomic E-state index is 12.4. The van der Waals surface area contributed by atoms with Crippen molar-refractivity contribution in [2.24, 2.45) is 0 Å². The van der Waals surface area contributed by atoms with Crippen LogP contribution in [0.15, 0.2) is 23.8 Å². The highest BCUT2D eigenvalue weighted by Crippen LogP contribution is 2.14. The van der Waals surface area contributed by atoms with Crippen molar-refractivity contribution in [3.63, 3.8) is 0 Å². The number of imidazole rings is 1. The van der Waals surface area contributed by atoms with Gasteiger partial charge in [0, 0.05) is 31.4 Å². The van der Waals surface area contributed by atoms with E-state index in [2.05, 4.69) is 26.7 Å². The molecule has 0 bridgehead atoms. The maximum Gasteiger partial charge on any atom is 0.239 e. The van der Waals surface area contributed by atoms with Crippen LogP contribution >= 0.6 is 11.3 Å². The Morgan fingerprint density at radius 2 is 2.50 bits per heavy atom. The van der Waals surface area contributed by atoms with E-state index in [1.807, 2.05) is 18.0 Å². The zero-order valence-corrected chi connectivity index (χ0v) is 12.2. The fraction of sp³-hybridized carbons (Fsp3) is 0.429. The third-order valence-corrected chi connectivity index (χ3v) is 4.61. The van der Waals surface area contributed by atoms with Crippen LogP contribution in [0.3, 0.4) is 0 Å². The number of likely N-dealkylation sites (N-methyl/N-ethyl adjacent to an activating group) is 1. The van der Waals surface area contributed by atoms with Gasteiger partial charge in [0.1, 0.15) is 0 Å². The maximum atomic E-state index is 12.4. The van der Waals surface area contributed by atoms with Crippen LogP contribution in [0.25, 0.3) is 0 Å². The van der Waals surface area contributed by atoms with Crippen LogP contribution in [0.2, 0.25) is 0 Å². The molecule has 5 nitrogen and oxygen atoms in total. The van der Waals surface area contributed by atoms with Crippen LogP contribution in [-0.4, -0.2) is 40.4 Å². The Morgan fingerprint density at radius 3 is 3.30 bits per heavy atom. The SMILES string of the molecule is CN(CCc1cccs1)C(=O)C1Cc2nc[nH]c2CN1. The van der Waals surface area contributed by atoms with Crippen molar-refractivity contribution in [2.45, 2.75) is 25.4 Å². The molecule has 0 radical (unpaired) electrons. The molecule has 2 aromatic rings. The van der Waals surface area contributed by atoms with Crippen LogP contribution in [0, 0.1) is 0 Å². The van der Waals surface area contributed by atoms with E-state index in [1.165, 1.54) is 4.88 Å². The van der Waals surface area contributed by atoms with Crippen molar-refractivity contribution < 1.29 is 4.79 Å². The Hall–Kier alpha value is -1.66. The van der Waals surface area contributed by atoms with Crippen LogP contribution in [-0.2, 0) is 24.2 Å². The van der Waals surface area contributed by atoms with Crippen molar-refractivity contribution in [3.05, 3.63) is 40.1 Å². The van der Waals surface area contributed by atoms with Crippen LogP contribution in [0.5, 0.6) is 0 Å². The number of aromatic amines is 1. The number of amides is 1. The zero-order chi connectivity index (χ0) is 13.9. The van der Waals surface area contributed by atoms with E-state index >= 15 is 0 Å². The van der Waals surface area contributed by atoms with Crippen LogP contribution < -0.4 is 5.32 Å². The summed E-state index contributed by atoms with van der Waals surface area (Å²) < 4.78 is 0. The molecule has 0 fully saturated rings. The second-order valence-corrected chi connectivity index (χ2v) is 6.09. The average molecular weight is 290 g/mol. The van der Waals surface area contributed by atoms with Crippen molar-refractivity contribution in [2.75, 3.05) is 13.6 Å². The van der Waals surface area contributed by atoms with Gasteiger partial charge >= 0.3 is 0 Å². The minimum Gasteiger partial charge on any atom is -0.347 e. The number of nitrogens with zero attached hydrogens (tertiary/aromatic N) is 2. The van der Waals surface area contributed by atoms with Gasteiger partial charge in [-0.15, -0.1) is 11.3 Å². The fourth-order valence-electron chi connectivity index (χ4n) is 2.45. The number of aromatic nitrogens is 2. The minimum atomic E-state index is -0.154. The Balaban J connectivity index is 1.56. The normalized spacial score (nSPS) is 17.8. The monoisotopic (exact) mass is 290 g/mol. The van der Waals surface area contributed by atoms with Crippen molar-refractivity contribution in [3.8, 4) is 0 Å². The number of fused-ring (bicyclic) bond motifs is 1. The Labute approximate surface area is 122 Å². The highest BCUT2D eigenvalue weighted by atomic mass is 32.1. The first-order valence-electron chi connectivity index (χ1n) is 6.76. The van der Waals surface area contributed by atoms with E-state index in [4.69, 9.17) is 0 Å². The number of hydrogen-bond acceptors (Lipinski definition) is 4. The number of carbonyl (C=O) groups excluding carboxylic acids is 1. The molecule has 0 spiro atoms. The molecule has 0 aliphatic carbocycles. The summed E-state index contributed by atoms with van der Waals surface area (Å²) in [6, 6.07) is 4.00. The number of carbonyl (C=O) groups is 1. The van der Waals surface area contributed by atoms with Gasteiger partial charge < -0.3 is 9.88 Å². The first-order valence-corrected chi connectivity index (χ1v) is 7.64. The molecule has 0 saturated carbocycles. The molecule has 0 saturated heterocycles. The third-order valence-electron chi connectivity index (χ3n) is 3.68. The zero-order valence-electron chi connectivity index (χ0n) is 11.4. The molecule has 1 aliphatic rings. The lowest BCUT2D eigenvalue weighted by Crippen LogP contribution is -2.48. The first kappa shape index (κ1) is 13.3. The quantitative estimate of drug-likeness (QED) is 0.889. The standard InChI is InChI=1S/C14H18N4OS/c1-18(5-4-10-3-2-6-20-10)14(19)12-7-11-13(8-15-12)17-9-16-11/h2-3,6,9,12,15H,4-5,7-8H2,1H3,(H,16,17). The average Bonchev–Trinajstić information content (AvgIpc) is 3.13. The van der Waals surface area contributed by atoms with E-state index in [9.17, 15) is 4.79 Å². The van der Waals surface area contributed by atoms with E-state index < -0.39 is 0 Å². The second kappa shape index (κ2) is 5.76. The number of thiophene rings is 1. The summed E-state index contributed by atoms with van der Waals surface area (Å²) in [6.45, 7) is 1.44. The van der Waals surface area contributed by atoms with Crippen molar-refractivity contribution in [1.29, 1.82) is 0 Å². The second-order valence-electron chi connectivity index (χ2n) is 5.05. The summed E-state index contributed by atoms with van der Waals surface area (Å²) in [5.74, 6) is 0.148.